The highest BCUT2D eigenvalue weighted by atomic mass is 16.5. The lowest BCUT2D eigenvalue weighted by atomic mass is 9.90. The molecule has 1 aromatic rings. The minimum Gasteiger partial charge on any atom is -0.493 e. The molecule has 0 amide bonds. The minimum absolute atomic E-state index is 0.147. The third kappa shape index (κ3) is 3.78. The Labute approximate surface area is 129 Å². The summed E-state index contributed by atoms with van der Waals surface area (Å²) in [5.74, 6) is 1.53. The molecule has 1 aliphatic rings. The largest absolute Gasteiger partial charge is 0.493 e. The zero-order valence-corrected chi connectivity index (χ0v) is 13.8. The Morgan fingerprint density at radius 1 is 1.33 bits per heavy atom. The first-order valence-electron chi connectivity index (χ1n) is 8.19. The first-order valence-corrected chi connectivity index (χ1v) is 8.19. The van der Waals surface area contributed by atoms with Gasteiger partial charge in [0.2, 0.25) is 0 Å². The Bertz CT molecular complexity index is 445. The average Bonchev–Trinajstić information content (AvgIpc) is 2.50. The molecule has 118 valence electrons. The van der Waals surface area contributed by atoms with Crippen molar-refractivity contribution in [1.82, 2.24) is 5.32 Å². The molecule has 0 saturated carbocycles. The highest BCUT2D eigenvalue weighted by molar-refractivity contribution is 5.45. The summed E-state index contributed by atoms with van der Waals surface area (Å²) < 4.78 is 11.8. The maximum Gasteiger partial charge on any atom is 0.127 e. The molecular weight excluding hydrogens is 262 g/mol. The van der Waals surface area contributed by atoms with Crippen molar-refractivity contribution >= 4 is 0 Å². The number of ether oxygens (including phenoxy) is 2. The quantitative estimate of drug-likeness (QED) is 0.830. The van der Waals surface area contributed by atoms with Gasteiger partial charge in [0, 0.05) is 12.7 Å². The van der Waals surface area contributed by atoms with E-state index in [-0.39, 0.29) is 12.1 Å². The fourth-order valence-corrected chi connectivity index (χ4v) is 3.16. The van der Waals surface area contributed by atoms with E-state index in [1.54, 1.807) is 0 Å². The Morgan fingerprint density at radius 2 is 2.14 bits per heavy atom. The Kier molecular flexibility index (Phi) is 6.07. The van der Waals surface area contributed by atoms with E-state index < -0.39 is 0 Å². The summed E-state index contributed by atoms with van der Waals surface area (Å²) in [5, 5.41) is 3.66. The molecule has 0 saturated heterocycles. The van der Waals surface area contributed by atoms with Gasteiger partial charge < -0.3 is 14.8 Å². The van der Waals surface area contributed by atoms with E-state index in [4.69, 9.17) is 9.47 Å². The molecule has 1 aliphatic heterocycles. The lowest BCUT2D eigenvalue weighted by Crippen LogP contribution is -2.37. The first kappa shape index (κ1) is 16.3. The van der Waals surface area contributed by atoms with Crippen LogP contribution in [0.1, 0.15) is 50.8 Å². The second-order valence-corrected chi connectivity index (χ2v) is 6.16. The predicted molar refractivity (Wildman–Crippen MR) is 86.9 cm³/mol. The third-order valence-electron chi connectivity index (χ3n) is 4.17. The fourth-order valence-electron chi connectivity index (χ4n) is 3.16. The summed E-state index contributed by atoms with van der Waals surface area (Å²) in [4.78, 5) is 0. The number of nitrogens with one attached hydrogen (secondary N) is 1. The third-order valence-corrected chi connectivity index (χ3v) is 4.17. The van der Waals surface area contributed by atoms with Crippen LogP contribution in [0.4, 0.5) is 0 Å². The maximum atomic E-state index is 5.99. The first-order chi connectivity index (χ1) is 10.2. The second-order valence-electron chi connectivity index (χ2n) is 6.16. The van der Waals surface area contributed by atoms with Crippen molar-refractivity contribution in [2.75, 3.05) is 20.3 Å². The van der Waals surface area contributed by atoms with Crippen LogP contribution in [0.5, 0.6) is 5.75 Å². The highest BCUT2D eigenvalue weighted by Crippen LogP contribution is 2.36. The molecule has 1 aromatic carbocycles. The van der Waals surface area contributed by atoms with Crippen LogP contribution >= 0.6 is 0 Å². The van der Waals surface area contributed by atoms with Crippen LogP contribution in [-0.2, 0) is 11.2 Å². The van der Waals surface area contributed by atoms with E-state index in [1.807, 2.05) is 7.11 Å². The average molecular weight is 291 g/mol. The summed E-state index contributed by atoms with van der Waals surface area (Å²) in [5.41, 5.74) is 2.59. The van der Waals surface area contributed by atoms with Gasteiger partial charge in [0.1, 0.15) is 5.75 Å². The van der Waals surface area contributed by atoms with Crippen LogP contribution in [0.3, 0.4) is 0 Å². The molecule has 3 nitrogen and oxygen atoms in total. The van der Waals surface area contributed by atoms with Crippen molar-refractivity contribution in [2.45, 2.75) is 52.2 Å². The smallest absolute Gasteiger partial charge is 0.127 e. The molecule has 3 heteroatoms. The van der Waals surface area contributed by atoms with Gasteiger partial charge >= 0.3 is 0 Å². The van der Waals surface area contributed by atoms with E-state index in [0.29, 0.717) is 5.92 Å². The minimum atomic E-state index is 0.147. The van der Waals surface area contributed by atoms with Gasteiger partial charge in [-0.1, -0.05) is 39.0 Å². The molecule has 0 aliphatic carbocycles. The van der Waals surface area contributed by atoms with Crippen molar-refractivity contribution < 1.29 is 9.47 Å². The second kappa shape index (κ2) is 7.81. The van der Waals surface area contributed by atoms with E-state index in [9.17, 15) is 0 Å². The van der Waals surface area contributed by atoms with Gasteiger partial charge in [-0.05, 0) is 37.3 Å². The van der Waals surface area contributed by atoms with E-state index in [0.717, 1.165) is 38.2 Å². The van der Waals surface area contributed by atoms with Gasteiger partial charge in [-0.25, -0.2) is 0 Å². The number of hydrogen-bond acceptors (Lipinski definition) is 3. The van der Waals surface area contributed by atoms with Crippen LogP contribution < -0.4 is 10.1 Å². The monoisotopic (exact) mass is 291 g/mol. The van der Waals surface area contributed by atoms with Gasteiger partial charge in [-0.3, -0.25) is 0 Å². The summed E-state index contributed by atoms with van der Waals surface area (Å²) in [6.07, 6.45) is 3.49. The van der Waals surface area contributed by atoms with Crippen LogP contribution in [0.2, 0.25) is 0 Å². The van der Waals surface area contributed by atoms with Crippen LogP contribution in [-0.4, -0.2) is 26.4 Å². The molecular formula is C18H29NO2. The summed E-state index contributed by atoms with van der Waals surface area (Å²) in [6, 6.07) is 6.71. The molecule has 0 fully saturated rings. The van der Waals surface area contributed by atoms with Gasteiger partial charge in [-0.2, -0.15) is 0 Å². The van der Waals surface area contributed by atoms with Crippen LogP contribution in [0.25, 0.3) is 0 Å². The molecule has 1 N–H and O–H groups in total. The number of rotatable bonds is 7. The Hall–Kier alpha value is -1.06. The van der Waals surface area contributed by atoms with Gasteiger partial charge in [0.05, 0.1) is 18.8 Å². The molecule has 2 rings (SSSR count). The summed E-state index contributed by atoms with van der Waals surface area (Å²) in [7, 11) is 1.81. The van der Waals surface area contributed by atoms with Crippen molar-refractivity contribution in [2.24, 2.45) is 5.92 Å². The topological polar surface area (TPSA) is 30.5 Å². The summed E-state index contributed by atoms with van der Waals surface area (Å²) >= 11 is 0. The van der Waals surface area contributed by atoms with Crippen molar-refractivity contribution in [3.8, 4) is 5.75 Å². The standard InChI is InChI=1S/C18H29NO2/c1-5-11-19-16(17(20-4)13(2)3)15-10-6-8-14-9-7-12-21-18(14)15/h6,8,10,13,16-17,19H,5,7,9,11-12H2,1-4H3. The van der Waals surface area contributed by atoms with Crippen molar-refractivity contribution in [3.05, 3.63) is 29.3 Å². The molecule has 1 heterocycles. The predicted octanol–water partition coefficient (Wildman–Crippen LogP) is 3.72. The van der Waals surface area contributed by atoms with Crippen molar-refractivity contribution in [3.63, 3.8) is 0 Å². The molecule has 21 heavy (non-hydrogen) atoms. The molecule has 0 spiro atoms. The fraction of sp³-hybridized carbons (Fsp3) is 0.667. The number of benzene rings is 1. The Morgan fingerprint density at radius 3 is 2.81 bits per heavy atom. The van der Waals surface area contributed by atoms with Gasteiger partial charge in [-0.15, -0.1) is 0 Å². The highest BCUT2D eigenvalue weighted by Gasteiger charge is 2.29. The molecule has 2 unspecified atom stereocenters. The number of methoxy groups -OCH3 is 1. The molecule has 0 aromatic heterocycles. The van der Waals surface area contributed by atoms with Crippen LogP contribution in [0.15, 0.2) is 18.2 Å². The maximum absolute atomic E-state index is 5.99. The molecule has 2 atom stereocenters. The zero-order chi connectivity index (χ0) is 15.2. The molecule has 0 bridgehead atoms. The molecule has 0 radical (unpaired) electrons. The van der Waals surface area contributed by atoms with E-state index in [1.165, 1.54) is 11.1 Å². The van der Waals surface area contributed by atoms with Crippen LogP contribution in [0, 0.1) is 5.92 Å². The van der Waals surface area contributed by atoms with Gasteiger partial charge in [0.25, 0.3) is 0 Å². The normalized spacial score (nSPS) is 17.2. The number of aryl methyl sites for hydroxylation is 1. The van der Waals surface area contributed by atoms with E-state index >= 15 is 0 Å². The van der Waals surface area contributed by atoms with E-state index in [2.05, 4.69) is 44.3 Å². The summed E-state index contributed by atoms with van der Waals surface area (Å²) in [6.45, 7) is 8.43. The van der Waals surface area contributed by atoms with Crippen molar-refractivity contribution in [1.29, 1.82) is 0 Å². The van der Waals surface area contributed by atoms with Gasteiger partial charge in [0.15, 0.2) is 0 Å². The number of para-hydroxylation sites is 1. The lowest BCUT2D eigenvalue weighted by Gasteiger charge is -2.33. The Balaban J connectivity index is 2.36. The number of hydrogen-bond donors (Lipinski definition) is 1. The lowest BCUT2D eigenvalue weighted by molar-refractivity contribution is 0.0316. The number of fused-ring (bicyclic) bond motifs is 1. The zero-order valence-electron chi connectivity index (χ0n) is 13.8. The SMILES string of the molecule is CCCNC(c1cccc2c1OCCC2)C(OC)C(C)C.